The van der Waals surface area contributed by atoms with E-state index in [9.17, 15) is 9.18 Å². The van der Waals surface area contributed by atoms with Gasteiger partial charge in [-0.25, -0.2) is 4.39 Å². The van der Waals surface area contributed by atoms with Gasteiger partial charge in [-0.1, -0.05) is 18.2 Å². The molecule has 0 radical (unpaired) electrons. The number of benzene rings is 2. The van der Waals surface area contributed by atoms with Crippen LogP contribution in [0.1, 0.15) is 25.5 Å². The van der Waals surface area contributed by atoms with Crippen molar-refractivity contribution >= 4 is 16.8 Å². The molecule has 5 heteroatoms. The molecule has 4 rings (SSSR count). The molecular weight excluding hydrogens is 355 g/mol. The number of aromatic nitrogens is 1. The van der Waals surface area contributed by atoms with E-state index >= 15 is 0 Å². The summed E-state index contributed by atoms with van der Waals surface area (Å²) in [6.07, 6.45) is 0. The Labute approximate surface area is 163 Å². The number of nitrogens with zero attached hydrogens (tertiary/aromatic N) is 1. The second kappa shape index (κ2) is 7.24. The first-order valence-corrected chi connectivity index (χ1v) is 9.36. The van der Waals surface area contributed by atoms with Gasteiger partial charge in [-0.3, -0.25) is 4.79 Å². The van der Waals surface area contributed by atoms with Crippen LogP contribution in [-0.2, 0) is 9.53 Å². The van der Waals surface area contributed by atoms with Crippen molar-refractivity contribution in [3.8, 4) is 11.3 Å². The number of aromatic amines is 1. The minimum atomic E-state index is -0.272. The lowest BCUT2D eigenvalue weighted by Crippen LogP contribution is -2.33. The number of hydrogen-bond acceptors (Lipinski definition) is 2. The van der Waals surface area contributed by atoms with E-state index in [0.717, 1.165) is 38.9 Å². The molecule has 1 atom stereocenters. The van der Waals surface area contributed by atoms with E-state index in [4.69, 9.17) is 4.74 Å². The number of halogens is 1. The van der Waals surface area contributed by atoms with Crippen molar-refractivity contribution in [1.82, 2.24) is 9.88 Å². The molecule has 1 aliphatic heterocycles. The number of para-hydroxylation sites is 1. The number of rotatable bonds is 5. The van der Waals surface area contributed by atoms with E-state index in [1.807, 2.05) is 36.9 Å². The number of methoxy groups -OCH3 is 1. The smallest absolute Gasteiger partial charge is 0.250 e. The second-order valence-corrected chi connectivity index (χ2v) is 7.17. The van der Waals surface area contributed by atoms with Gasteiger partial charge >= 0.3 is 0 Å². The normalized spacial score (nSPS) is 17.2. The van der Waals surface area contributed by atoms with Gasteiger partial charge in [0.25, 0.3) is 0 Å². The highest BCUT2D eigenvalue weighted by Crippen LogP contribution is 2.44. The molecule has 28 heavy (non-hydrogen) atoms. The first kappa shape index (κ1) is 18.4. The van der Waals surface area contributed by atoms with E-state index in [0.29, 0.717) is 13.2 Å². The van der Waals surface area contributed by atoms with Gasteiger partial charge < -0.3 is 14.6 Å². The van der Waals surface area contributed by atoms with E-state index in [-0.39, 0.29) is 17.8 Å². The van der Waals surface area contributed by atoms with Gasteiger partial charge in [0.05, 0.1) is 18.3 Å². The molecule has 3 aromatic rings. The average molecular weight is 378 g/mol. The van der Waals surface area contributed by atoms with E-state index < -0.39 is 0 Å². The van der Waals surface area contributed by atoms with Gasteiger partial charge in [0, 0.05) is 35.7 Å². The number of carbonyl (C=O) groups is 1. The number of amides is 1. The molecule has 1 aliphatic rings. The number of hydrogen-bond donors (Lipinski definition) is 1. The molecule has 4 nitrogen and oxygen atoms in total. The monoisotopic (exact) mass is 378 g/mol. The molecule has 0 aliphatic carbocycles. The minimum absolute atomic E-state index is 0.0369. The van der Waals surface area contributed by atoms with Crippen LogP contribution in [0.15, 0.2) is 59.7 Å². The van der Waals surface area contributed by atoms with Gasteiger partial charge in [-0.05, 0) is 55.3 Å². The maximum absolute atomic E-state index is 13.5. The van der Waals surface area contributed by atoms with Crippen molar-refractivity contribution in [2.75, 3.05) is 20.3 Å². The summed E-state index contributed by atoms with van der Waals surface area (Å²) in [7, 11) is 1.64. The SMILES string of the molecule is COCCN1C(=O)C(C)=C(C)C1c1c(-c2ccc(F)cc2)[nH]c2ccccc12. The molecule has 0 bridgehead atoms. The third-order valence-electron chi connectivity index (χ3n) is 5.58. The molecule has 0 fully saturated rings. The molecule has 0 spiro atoms. The Balaban J connectivity index is 1.94. The Bertz CT molecular complexity index is 1070. The van der Waals surface area contributed by atoms with Crippen LogP contribution in [0.3, 0.4) is 0 Å². The Hall–Kier alpha value is -2.92. The maximum atomic E-state index is 13.5. The minimum Gasteiger partial charge on any atom is -0.383 e. The van der Waals surface area contributed by atoms with Crippen LogP contribution in [0, 0.1) is 5.82 Å². The lowest BCUT2D eigenvalue weighted by molar-refractivity contribution is -0.127. The summed E-state index contributed by atoms with van der Waals surface area (Å²) < 4.78 is 18.7. The fourth-order valence-electron chi connectivity index (χ4n) is 4.02. The third kappa shape index (κ3) is 2.92. The highest BCUT2D eigenvalue weighted by atomic mass is 19.1. The van der Waals surface area contributed by atoms with Crippen molar-refractivity contribution in [3.05, 3.63) is 71.1 Å². The van der Waals surface area contributed by atoms with Crippen molar-refractivity contribution in [2.45, 2.75) is 19.9 Å². The predicted molar refractivity (Wildman–Crippen MR) is 108 cm³/mol. The molecule has 2 aromatic carbocycles. The van der Waals surface area contributed by atoms with E-state index in [1.54, 1.807) is 19.2 Å². The van der Waals surface area contributed by atoms with Crippen LogP contribution in [0.25, 0.3) is 22.2 Å². The van der Waals surface area contributed by atoms with E-state index in [1.165, 1.54) is 12.1 Å². The predicted octanol–water partition coefficient (Wildman–Crippen LogP) is 4.84. The average Bonchev–Trinajstić information content (AvgIpc) is 3.18. The zero-order valence-electron chi connectivity index (χ0n) is 16.3. The van der Waals surface area contributed by atoms with Crippen LogP contribution in [-0.4, -0.2) is 36.1 Å². The van der Waals surface area contributed by atoms with Crippen LogP contribution in [0.2, 0.25) is 0 Å². The molecule has 1 aromatic heterocycles. The molecule has 0 saturated carbocycles. The maximum Gasteiger partial charge on any atom is 0.250 e. The van der Waals surface area contributed by atoms with Gasteiger partial charge in [0.15, 0.2) is 0 Å². The van der Waals surface area contributed by atoms with Crippen LogP contribution < -0.4 is 0 Å². The molecule has 144 valence electrons. The van der Waals surface area contributed by atoms with Crippen molar-refractivity contribution < 1.29 is 13.9 Å². The molecule has 1 amide bonds. The summed E-state index contributed by atoms with van der Waals surface area (Å²) >= 11 is 0. The number of fused-ring (bicyclic) bond motifs is 1. The third-order valence-corrected chi connectivity index (χ3v) is 5.58. The number of H-pyrrole nitrogens is 1. The lowest BCUT2D eigenvalue weighted by Gasteiger charge is -2.27. The van der Waals surface area contributed by atoms with Crippen LogP contribution >= 0.6 is 0 Å². The topological polar surface area (TPSA) is 45.3 Å². The van der Waals surface area contributed by atoms with E-state index in [2.05, 4.69) is 11.1 Å². The fraction of sp³-hybridized carbons (Fsp3) is 0.261. The molecule has 1 unspecified atom stereocenters. The fourth-order valence-corrected chi connectivity index (χ4v) is 4.02. The number of ether oxygens (including phenoxy) is 1. The highest BCUT2D eigenvalue weighted by Gasteiger charge is 2.38. The zero-order valence-corrected chi connectivity index (χ0v) is 16.3. The van der Waals surface area contributed by atoms with Crippen molar-refractivity contribution in [2.24, 2.45) is 0 Å². The summed E-state index contributed by atoms with van der Waals surface area (Å²) in [5.74, 6) is -0.235. The lowest BCUT2D eigenvalue weighted by atomic mass is 9.94. The van der Waals surface area contributed by atoms with Crippen LogP contribution in [0.5, 0.6) is 0 Å². The van der Waals surface area contributed by atoms with Crippen molar-refractivity contribution in [3.63, 3.8) is 0 Å². The van der Waals surface area contributed by atoms with Crippen molar-refractivity contribution in [1.29, 1.82) is 0 Å². The van der Waals surface area contributed by atoms with Gasteiger partial charge in [-0.15, -0.1) is 0 Å². The summed E-state index contributed by atoms with van der Waals surface area (Å²) in [5, 5.41) is 1.07. The largest absolute Gasteiger partial charge is 0.383 e. The summed E-state index contributed by atoms with van der Waals surface area (Å²) in [4.78, 5) is 18.3. The Morgan fingerprint density at radius 3 is 2.54 bits per heavy atom. The Morgan fingerprint density at radius 2 is 1.82 bits per heavy atom. The molecule has 1 N–H and O–H groups in total. The van der Waals surface area contributed by atoms with Gasteiger partial charge in [0.2, 0.25) is 5.91 Å². The first-order valence-electron chi connectivity index (χ1n) is 9.36. The number of carbonyl (C=O) groups excluding carboxylic acids is 1. The Morgan fingerprint density at radius 1 is 1.11 bits per heavy atom. The zero-order chi connectivity index (χ0) is 19.8. The number of nitrogens with one attached hydrogen (secondary N) is 1. The quantitative estimate of drug-likeness (QED) is 0.690. The standard InChI is InChI=1S/C23H23FN2O2/c1-14-15(2)23(27)26(12-13-28-3)22(14)20-18-6-4-5-7-19(18)25-21(20)16-8-10-17(24)11-9-16/h4-11,22,25H,12-13H2,1-3H3. The first-order chi connectivity index (χ1) is 13.5. The highest BCUT2D eigenvalue weighted by molar-refractivity contribution is 6.00. The summed E-state index contributed by atoms with van der Waals surface area (Å²) in [6.45, 7) is 4.87. The van der Waals surface area contributed by atoms with Crippen LogP contribution in [0.4, 0.5) is 4.39 Å². The summed E-state index contributed by atoms with van der Waals surface area (Å²) in [6, 6.07) is 14.3. The molecular formula is C23H23FN2O2. The molecule has 0 saturated heterocycles. The second-order valence-electron chi connectivity index (χ2n) is 7.17. The van der Waals surface area contributed by atoms with Gasteiger partial charge in [-0.2, -0.15) is 0 Å². The molecule has 2 heterocycles. The summed E-state index contributed by atoms with van der Waals surface area (Å²) in [5.41, 5.74) is 5.65. The Kier molecular flexibility index (Phi) is 4.77. The van der Waals surface area contributed by atoms with Gasteiger partial charge in [0.1, 0.15) is 5.82 Å².